The minimum atomic E-state index is 0.392. The number of thiophene rings is 1. The third-order valence-electron chi connectivity index (χ3n) is 7.05. The monoisotopic (exact) mass is 459 g/mol. The molecule has 0 bridgehead atoms. The van der Waals surface area contributed by atoms with E-state index in [0.717, 1.165) is 31.6 Å². The van der Waals surface area contributed by atoms with Crippen molar-refractivity contribution in [2.45, 2.75) is 52.5 Å². The smallest absolute Gasteiger partial charge is 0.158 e. The Kier molecular flexibility index (Phi) is 4.88. The summed E-state index contributed by atoms with van der Waals surface area (Å²) in [6, 6.07) is 2.79. The molecule has 1 aliphatic rings. The van der Waals surface area contributed by atoms with Gasteiger partial charge in [0.2, 0.25) is 0 Å². The lowest BCUT2D eigenvalue weighted by Crippen LogP contribution is -2.29. The average Bonchev–Trinajstić information content (AvgIpc) is 3.59. The molecule has 1 saturated heterocycles. The second-order valence-corrected chi connectivity index (χ2v) is 10.5. The van der Waals surface area contributed by atoms with Gasteiger partial charge in [-0.3, -0.25) is 4.68 Å². The molecular formula is C25H29N7S. The SMILES string of the molecule is Cc1c(-c2[nH]c3cc(-c4cnn(C5CCNCC5)c4)sc3c2C(C)C)cn2ncnc2c1C. The van der Waals surface area contributed by atoms with Gasteiger partial charge < -0.3 is 10.3 Å². The maximum atomic E-state index is 4.71. The first-order valence-electron chi connectivity index (χ1n) is 11.7. The molecule has 0 atom stereocenters. The molecule has 0 amide bonds. The molecule has 1 fully saturated rings. The molecule has 0 radical (unpaired) electrons. The van der Waals surface area contributed by atoms with Crippen LogP contribution in [-0.4, -0.2) is 42.5 Å². The van der Waals surface area contributed by atoms with E-state index in [9.17, 15) is 0 Å². The maximum Gasteiger partial charge on any atom is 0.158 e. The number of hydrogen-bond donors (Lipinski definition) is 2. The Morgan fingerprint density at radius 3 is 2.70 bits per heavy atom. The number of piperidine rings is 1. The van der Waals surface area contributed by atoms with Crippen LogP contribution < -0.4 is 5.32 Å². The quantitative estimate of drug-likeness (QED) is 0.374. The first-order chi connectivity index (χ1) is 16.0. The van der Waals surface area contributed by atoms with Crippen LogP contribution >= 0.6 is 11.3 Å². The summed E-state index contributed by atoms with van der Waals surface area (Å²) in [5, 5.41) is 12.5. The van der Waals surface area contributed by atoms with Crippen LogP contribution in [0.2, 0.25) is 0 Å². The zero-order valence-corrected chi connectivity index (χ0v) is 20.3. The topological polar surface area (TPSA) is 75.8 Å². The molecule has 6 heterocycles. The Balaban J connectivity index is 1.44. The average molecular weight is 460 g/mol. The molecule has 2 N–H and O–H groups in total. The van der Waals surface area contributed by atoms with Crippen molar-refractivity contribution in [2.75, 3.05) is 13.1 Å². The zero-order valence-electron chi connectivity index (χ0n) is 19.5. The molecule has 0 spiro atoms. The van der Waals surface area contributed by atoms with E-state index < -0.39 is 0 Å². The van der Waals surface area contributed by atoms with E-state index in [-0.39, 0.29) is 0 Å². The second-order valence-electron chi connectivity index (χ2n) is 9.43. The van der Waals surface area contributed by atoms with Crippen LogP contribution in [0.4, 0.5) is 0 Å². The molecule has 5 aromatic heterocycles. The highest BCUT2D eigenvalue weighted by molar-refractivity contribution is 7.22. The Labute approximate surface area is 196 Å². The van der Waals surface area contributed by atoms with Crippen LogP contribution in [0, 0.1) is 13.8 Å². The number of pyridine rings is 1. The van der Waals surface area contributed by atoms with Crippen molar-refractivity contribution in [1.29, 1.82) is 0 Å². The third-order valence-corrected chi connectivity index (χ3v) is 8.27. The first-order valence-corrected chi connectivity index (χ1v) is 12.5. The predicted octanol–water partition coefficient (Wildman–Crippen LogP) is 5.47. The van der Waals surface area contributed by atoms with Crippen LogP contribution in [0.5, 0.6) is 0 Å². The van der Waals surface area contributed by atoms with Gasteiger partial charge in [-0.15, -0.1) is 11.3 Å². The molecule has 170 valence electrons. The summed E-state index contributed by atoms with van der Waals surface area (Å²) in [6.45, 7) is 11.0. The van der Waals surface area contributed by atoms with Gasteiger partial charge in [0.25, 0.3) is 0 Å². The van der Waals surface area contributed by atoms with Crippen LogP contribution in [0.25, 0.3) is 37.6 Å². The normalized spacial score (nSPS) is 15.4. The number of aromatic amines is 1. The standard InChI is InChI=1S/C25H29N7S/c1-14(2)22-23(19-12-32-25(27-13-29-32)16(4)15(19)3)30-20-9-21(33-24(20)22)17-10-28-31(11-17)18-5-7-26-8-6-18/h9-14,18,26,30H,5-8H2,1-4H3. The molecule has 7 nitrogen and oxygen atoms in total. The highest BCUT2D eigenvalue weighted by Crippen LogP contribution is 2.43. The molecule has 0 unspecified atom stereocenters. The van der Waals surface area contributed by atoms with Gasteiger partial charge in [-0.05, 0) is 68.5 Å². The van der Waals surface area contributed by atoms with Crippen LogP contribution in [-0.2, 0) is 0 Å². The van der Waals surface area contributed by atoms with Gasteiger partial charge in [-0.25, -0.2) is 9.50 Å². The van der Waals surface area contributed by atoms with Crippen LogP contribution in [0.15, 0.2) is 31.0 Å². The van der Waals surface area contributed by atoms with E-state index in [0.29, 0.717) is 12.0 Å². The summed E-state index contributed by atoms with van der Waals surface area (Å²) >= 11 is 1.86. The van der Waals surface area contributed by atoms with Gasteiger partial charge in [0.1, 0.15) is 6.33 Å². The zero-order chi connectivity index (χ0) is 22.7. The Morgan fingerprint density at radius 1 is 1.09 bits per heavy atom. The molecular weight excluding hydrogens is 430 g/mol. The fourth-order valence-corrected chi connectivity index (χ4v) is 6.38. The van der Waals surface area contributed by atoms with Crippen molar-refractivity contribution < 1.29 is 0 Å². The van der Waals surface area contributed by atoms with Crippen LogP contribution in [0.1, 0.15) is 55.3 Å². The molecule has 6 rings (SSSR count). The van der Waals surface area contributed by atoms with Crippen molar-refractivity contribution in [3.05, 3.63) is 47.7 Å². The number of nitrogens with one attached hydrogen (secondary N) is 2. The Morgan fingerprint density at radius 2 is 1.91 bits per heavy atom. The maximum absolute atomic E-state index is 4.71. The van der Waals surface area contributed by atoms with E-state index >= 15 is 0 Å². The van der Waals surface area contributed by atoms with Gasteiger partial charge in [0, 0.05) is 28.4 Å². The number of H-pyrrole nitrogens is 1. The van der Waals surface area contributed by atoms with Gasteiger partial charge in [-0.2, -0.15) is 10.2 Å². The first kappa shape index (κ1) is 20.6. The lowest BCUT2D eigenvalue weighted by atomic mass is 9.96. The lowest BCUT2D eigenvalue weighted by molar-refractivity contribution is 0.343. The van der Waals surface area contributed by atoms with Crippen LogP contribution in [0.3, 0.4) is 0 Å². The van der Waals surface area contributed by atoms with E-state index in [1.807, 2.05) is 22.0 Å². The van der Waals surface area contributed by atoms with Crippen molar-refractivity contribution >= 4 is 27.2 Å². The molecule has 1 aliphatic heterocycles. The number of aryl methyl sites for hydroxylation is 1. The lowest BCUT2D eigenvalue weighted by Gasteiger charge is -2.22. The van der Waals surface area contributed by atoms with Gasteiger partial charge in [-0.1, -0.05) is 13.8 Å². The Bertz CT molecular complexity index is 1460. The minimum absolute atomic E-state index is 0.392. The number of aromatic nitrogens is 6. The summed E-state index contributed by atoms with van der Waals surface area (Å²) in [6.07, 6.45) is 10.3. The van der Waals surface area contributed by atoms with Gasteiger partial charge >= 0.3 is 0 Å². The van der Waals surface area contributed by atoms with Gasteiger partial charge in [0.05, 0.1) is 28.1 Å². The van der Waals surface area contributed by atoms with E-state index in [1.165, 1.54) is 48.6 Å². The van der Waals surface area contributed by atoms with E-state index in [4.69, 9.17) is 5.10 Å². The number of hydrogen-bond acceptors (Lipinski definition) is 5. The highest BCUT2D eigenvalue weighted by Gasteiger charge is 2.23. The molecule has 33 heavy (non-hydrogen) atoms. The molecule has 0 saturated carbocycles. The summed E-state index contributed by atoms with van der Waals surface area (Å²) in [4.78, 5) is 9.45. The molecule has 0 aliphatic carbocycles. The predicted molar refractivity (Wildman–Crippen MR) is 134 cm³/mol. The summed E-state index contributed by atoms with van der Waals surface area (Å²) in [5.41, 5.74) is 9.49. The van der Waals surface area contributed by atoms with Gasteiger partial charge in [0.15, 0.2) is 5.65 Å². The van der Waals surface area contributed by atoms with E-state index in [1.54, 1.807) is 6.33 Å². The third kappa shape index (κ3) is 3.31. The fourth-order valence-electron chi connectivity index (χ4n) is 5.10. The summed E-state index contributed by atoms with van der Waals surface area (Å²) in [5.74, 6) is 0.392. The summed E-state index contributed by atoms with van der Waals surface area (Å²) < 4.78 is 5.39. The fraction of sp³-hybridized carbons (Fsp3) is 0.400. The number of fused-ring (bicyclic) bond motifs is 2. The molecule has 8 heteroatoms. The molecule has 0 aromatic carbocycles. The van der Waals surface area contributed by atoms with E-state index in [2.05, 4.69) is 71.2 Å². The van der Waals surface area contributed by atoms with Crippen molar-refractivity contribution in [1.82, 2.24) is 34.7 Å². The summed E-state index contributed by atoms with van der Waals surface area (Å²) in [7, 11) is 0. The second kappa shape index (κ2) is 7.81. The number of rotatable bonds is 4. The molecule has 5 aromatic rings. The number of nitrogens with zero attached hydrogens (tertiary/aromatic N) is 5. The Hall–Kier alpha value is -2.97. The highest BCUT2D eigenvalue weighted by atomic mass is 32.1. The minimum Gasteiger partial charge on any atom is -0.354 e. The van der Waals surface area contributed by atoms with Crippen molar-refractivity contribution in [3.63, 3.8) is 0 Å². The van der Waals surface area contributed by atoms with Crippen molar-refractivity contribution in [2.24, 2.45) is 0 Å². The van der Waals surface area contributed by atoms with Crippen molar-refractivity contribution in [3.8, 4) is 21.7 Å². The largest absolute Gasteiger partial charge is 0.354 e.